The molecule has 0 atom stereocenters. The molecule has 0 spiro atoms. The number of hydrogen-bond donors (Lipinski definition) is 1. The number of hydrogen-bond acceptors (Lipinski definition) is 9. The van der Waals surface area contributed by atoms with Crippen molar-refractivity contribution in [2.24, 2.45) is 0 Å². The molecule has 0 unspecified atom stereocenters. The molecule has 0 saturated carbocycles. The zero-order valence-electron chi connectivity index (χ0n) is 23.1. The summed E-state index contributed by atoms with van der Waals surface area (Å²) in [6.07, 6.45) is 0. The molecular formula is C31H30N2O8. The Morgan fingerprint density at radius 1 is 0.780 bits per heavy atom. The molecule has 0 aromatic heterocycles. The van der Waals surface area contributed by atoms with Gasteiger partial charge in [-0.15, -0.1) is 0 Å². The van der Waals surface area contributed by atoms with Crippen LogP contribution in [0.2, 0.25) is 0 Å². The Hall–Kier alpha value is -5.12. The number of carbonyl (C=O) groups excluding carboxylic acids is 2. The standard InChI is InChI=1S/C31H30N2O8/c1-5-40-30(34)26-25(21-8-7-9-22(18-21)33(36)37)27(31(35)41-6-2)29(20-12-16-24(39-4)17-13-20)32-28(26)19-10-14-23(38-3)15-11-19/h7-18,25,32H,5-6H2,1-4H3. The zero-order chi connectivity index (χ0) is 29.5. The van der Waals surface area contributed by atoms with Gasteiger partial charge in [-0.25, -0.2) is 9.59 Å². The van der Waals surface area contributed by atoms with E-state index >= 15 is 0 Å². The monoisotopic (exact) mass is 558 g/mol. The number of carbonyl (C=O) groups is 2. The number of nitrogens with zero attached hydrogens (tertiary/aromatic N) is 1. The smallest absolute Gasteiger partial charge is 0.337 e. The van der Waals surface area contributed by atoms with Crippen molar-refractivity contribution in [3.8, 4) is 11.5 Å². The lowest BCUT2D eigenvalue weighted by Gasteiger charge is -2.33. The third-order valence-electron chi connectivity index (χ3n) is 6.53. The second-order valence-electron chi connectivity index (χ2n) is 8.89. The fourth-order valence-corrected chi connectivity index (χ4v) is 4.67. The number of non-ortho nitro benzene ring substituents is 1. The van der Waals surface area contributed by atoms with Gasteiger partial charge < -0.3 is 24.3 Å². The lowest BCUT2D eigenvalue weighted by molar-refractivity contribution is -0.384. The Morgan fingerprint density at radius 3 is 1.63 bits per heavy atom. The fraction of sp³-hybridized carbons (Fsp3) is 0.226. The summed E-state index contributed by atoms with van der Waals surface area (Å²) in [5, 5.41) is 15.0. The molecule has 1 aliphatic rings. The molecule has 0 aliphatic carbocycles. The van der Waals surface area contributed by atoms with E-state index in [1.165, 1.54) is 18.2 Å². The molecular weight excluding hydrogens is 528 g/mol. The van der Waals surface area contributed by atoms with Crippen LogP contribution in [-0.4, -0.2) is 44.3 Å². The predicted molar refractivity (Wildman–Crippen MR) is 152 cm³/mol. The van der Waals surface area contributed by atoms with Crippen LogP contribution in [0.15, 0.2) is 83.9 Å². The molecule has 0 amide bonds. The van der Waals surface area contributed by atoms with Gasteiger partial charge >= 0.3 is 11.9 Å². The average molecular weight is 559 g/mol. The van der Waals surface area contributed by atoms with E-state index < -0.39 is 22.8 Å². The van der Waals surface area contributed by atoms with Gasteiger partial charge in [0.2, 0.25) is 0 Å². The molecule has 1 N–H and O–H groups in total. The highest BCUT2D eigenvalue weighted by Crippen LogP contribution is 2.45. The van der Waals surface area contributed by atoms with Crippen LogP contribution < -0.4 is 14.8 Å². The van der Waals surface area contributed by atoms with Crippen molar-refractivity contribution in [2.75, 3.05) is 27.4 Å². The molecule has 3 aromatic carbocycles. The summed E-state index contributed by atoms with van der Waals surface area (Å²) in [7, 11) is 3.09. The molecule has 1 aliphatic heterocycles. The summed E-state index contributed by atoms with van der Waals surface area (Å²) < 4.78 is 21.6. The first-order valence-electron chi connectivity index (χ1n) is 13.0. The van der Waals surface area contributed by atoms with Crippen molar-refractivity contribution < 1.29 is 33.5 Å². The highest BCUT2D eigenvalue weighted by Gasteiger charge is 2.41. The summed E-state index contributed by atoms with van der Waals surface area (Å²) in [5.74, 6) is -1.22. The molecule has 3 aromatic rings. The van der Waals surface area contributed by atoms with E-state index in [0.29, 0.717) is 39.6 Å². The molecule has 0 radical (unpaired) electrons. The van der Waals surface area contributed by atoms with Crippen molar-refractivity contribution in [3.63, 3.8) is 0 Å². The highest BCUT2D eigenvalue weighted by molar-refractivity contribution is 6.10. The number of methoxy groups -OCH3 is 2. The maximum Gasteiger partial charge on any atom is 0.337 e. The molecule has 212 valence electrons. The second kappa shape index (κ2) is 12.8. The maximum atomic E-state index is 13.7. The van der Waals surface area contributed by atoms with Gasteiger partial charge in [0.05, 0.1) is 60.8 Å². The molecule has 10 nitrogen and oxygen atoms in total. The quantitative estimate of drug-likeness (QED) is 0.202. The Bertz CT molecular complexity index is 1420. The number of rotatable bonds is 10. The fourth-order valence-electron chi connectivity index (χ4n) is 4.67. The summed E-state index contributed by atoms with van der Waals surface area (Å²) in [6, 6.07) is 19.9. The number of ether oxygens (including phenoxy) is 4. The van der Waals surface area contributed by atoms with Crippen LogP contribution >= 0.6 is 0 Å². The highest BCUT2D eigenvalue weighted by atomic mass is 16.6. The van der Waals surface area contributed by atoms with Crippen molar-refractivity contribution in [1.29, 1.82) is 0 Å². The van der Waals surface area contributed by atoms with Crippen LogP contribution in [0.25, 0.3) is 11.4 Å². The van der Waals surface area contributed by atoms with E-state index in [-0.39, 0.29) is 30.0 Å². The van der Waals surface area contributed by atoms with Crippen LogP contribution in [-0.2, 0) is 19.1 Å². The van der Waals surface area contributed by atoms with Crippen molar-refractivity contribution in [2.45, 2.75) is 19.8 Å². The van der Waals surface area contributed by atoms with E-state index in [1.807, 2.05) is 0 Å². The summed E-state index contributed by atoms with van der Waals surface area (Å²) in [4.78, 5) is 38.6. The number of benzene rings is 3. The summed E-state index contributed by atoms with van der Waals surface area (Å²) in [5.41, 5.74) is 2.35. The molecule has 0 bridgehead atoms. The van der Waals surface area contributed by atoms with Crippen LogP contribution in [0.4, 0.5) is 5.69 Å². The predicted octanol–water partition coefficient (Wildman–Crippen LogP) is 5.25. The van der Waals surface area contributed by atoms with Gasteiger partial charge in [-0.2, -0.15) is 0 Å². The van der Waals surface area contributed by atoms with Crippen LogP contribution in [0.1, 0.15) is 36.5 Å². The van der Waals surface area contributed by atoms with E-state index in [4.69, 9.17) is 18.9 Å². The minimum Gasteiger partial charge on any atom is -0.497 e. The van der Waals surface area contributed by atoms with Crippen molar-refractivity contribution in [3.05, 3.63) is 111 Å². The van der Waals surface area contributed by atoms with Crippen LogP contribution in [0.3, 0.4) is 0 Å². The first-order chi connectivity index (χ1) is 19.8. The number of dihydropyridines is 1. The van der Waals surface area contributed by atoms with E-state index in [1.54, 1.807) is 82.7 Å². The van der Waals surface area contributed by atoms with Crippen molar-refractivity contribution in [1.82, 2.24) is 5.32 Å². The second-order valence-corrected chi connectivity index (χ2v) is 8.89. The summed E-state index contributed by atoms with van der Waals surface area (Å²) in [6.45, 7) is 3.50. The minimum absolute atomic E-state index is 0.0731. The van der Waals surface area contributed by atoms with Gasteiger partial charge in [-0.1, -0.05) is 12.1 Å². The average Bonchev–Trinajstić information content (AvgIpc) is 3.00. The topological polar surface area (TPSA) is 126 Å². The molecule has 4 rings (SSSR count). The van der Waals surface area contributed by atoms with E-state index in [9.17, 15) is 19.7 Å². The molecule has 0 saturated heterocycles. The van der Waals surface area contributed by atoms with Gasteiger partial charge in [-0.3, -0.25) is 10.1 Å². The number of nitrogens with one attached hydrogen (secondary N) is 1. The van der Waals surface area contributed by atoms with Gasteiger partial charge in [-0.05, 0) is 79.1 Å². The third-order valence-corrected chi connectivity index (χ3v) is 6.53. The lowest BCUT2D eigenvalue weighted by Crippen LogP contribution is -2.33. The Labute approximate surface area is 237 Å². The van der Waals surface area contributed by atoms with E-state index in [2.05, 4.69) is 5.32 Å². The maximum absolute atomic E-state index is 13.7. The number of nitro groups is 1. The minimum atomic E-state index is -1.07. The van der Waals surface area contributed by atoms with Gasteiger partial charge in [0.1, 0.15) is 11.5 Å². The Kier molecular flexibility index (Phi) is 9.03. The molecule has 1 heterocycles. The SMILES string of the molecule is CCOC(=O)C1=C(c2ccc(OC)cc2)NC(c2ccc(OC)cc2)=C(C(=O)OCC)C1c1cccc([N+](=O)[O-])c1. The zero-order valence-corrected chi connectivity index (χ0v) is 23.1. The van der Waals surface area contributed by atoms with Crippen LogP contribution in [0, 0.1) is 10.1 Å². The Morgan fingerprint density at radius 2 is 1.24 bits per heavy atom. The van der Waals surface area contributed by atoms with E-state index in [0.717, 1.165) is 0 Å². The number of esters is 2. The van der Waals surface area contributed by atoms with Gasteiger partial charge in [0, 0.05) is 12.1 Å². The van der Waals surface area contributed by atoms with Crippen molar-refractivity contribution >= 4 is 29.0 Å². The largest absolute Gasteiger partial charge is 0.497 e. The lowest BCUT2D eigenvalue weighted by atomic mass is 9.78. The Balaban J connectivity index is 2.09. The molecule has 41 heavy (non-hydrogen) atoms. The third kappa shape index (κ3) is 6.06. The first kappa shape index (κ1) is 28.9. The molecule has 0 fully saturated rings. The number of nitro benzene ring substituents is 1. The summed E-state index contributed by atoms with van der Waals surface area (Å²) >= 11 is 0. The first-order valence-corrected chi connectivity index (χ1v) is 13.0. The normalized spacial score (nSPS) is 13.4. The van der Waals surface area contributed by atoms with Gasteiger partial charge in [0.15, 0.2) is 0 Å². The van der Waals surface area contributed by atoms with Gasteiger partial charge in [0.25, 0.3) is 5.69 Å². The molecule has 10 heteroatoms. The van der Waals surface area contributed by atoms with Crippen LogP contribution in [0.5, 0.6) is 11.5 Å².